The number of rotatable bonds is 0. The summed E-state index contributed by atoms with van der Waals surface area (Å²) in [7, 11) is 0. The second-order valence-electron chi connectivity index (χ2n) is 3.80. The summed E-state index contributed by atoms with van der Waals surface area (Å²) >= 11 is 0. The van der Waals surface area contributed by atoms with E-state index < -0.39 is 0 Å². The molecule has 11 heavy (non-hydrogen) atoms. The van der Waals surface area contributed by atoms with Crippen molar-refractivity contribution in [3.63, 3.8) is 0 Å². The molecule has 2 rings (SSSR count). The standard InChI is InChI=1S/C10H14O/c1-6-8-4-3-5-9(8)7(2)10(6)11/h6,8H,3-5H2,1-2H3. The lowest BCUT2D eigenvalue weighted by Crippen LogP contribution is -2.11. The smallest absolute Gasteiger partial charge is 0.161 e. The van der Waals surface area contributed by atoms with E-state index in [9.17, 15) is 4.79 Å². The molecule has 1 heteroatoms. The Morgan fingerprint density at radius 2 is 2.18 bits per heavy atom. The molecule has 1 fully saturated rings. The van der Waals surface area contributed by atoms with E-state index in [1.165, 1.54) is 24.8 Å². The molecule has 0 N–H and O–H groups in total. The summed E-state index contributed by atoms with van der Waals surface area (Å²) in [4.78, 5) is 11.5. The zero-order valence-electron chi connectivity index (χ0n) is 7.18. The maximum Gasteiger partial charge on any atom is 0.161 e. The van der Waals surface area contributed by atoms with Gasteiger partial charge in [-0.1, -0.05) is 12.5 Å². The van der Waals surface area contributed by atoms with Crippen LogP contribution in [0.3, 0.4) is 0 Å². The van der Waals surface area contributed by atoms with Crippen LogP contribution >= 0.6 is 0 Å². The summed E-state index contributed by atoms with van der Waals surface area (Å²) in [5.41, 5.74) is 2.56. The summed E-state index contributed by atoms with van der Waals surface area (Å²) in [6.07, 6.45) is 3.74. The lowest BCUT2D eigenvalue weighted by Gasteiger charge is -2.08. The van der Waals surface area contributed by atoms with Gasteiger partial charge in [-0.15, -0.1) is 0 Å². The van der Waals surface area contributed by atoms with Gasteiger partial charge in [-0.3, -0.25) is 4.79 Å². The zero-order valence-corrected chi connectivity index (χ0v) is 7.18. The van der Waals surface area contributed by atoms with Crippen molar-refractivity contribution in [2.75, 3.05) is 0 Å². The Bertz CT molecular complexity index is 237. The molecule has 2 unspecified atom stereocenters. The molecular weight excluding hydrogens is 136 g/mol. The van der Waals surface area contributed by atoms with Crippen LogP contribution in [0.4, 0.5) is 0 Å². The van der Waals surface area contributed by atoms with Crippen LogP contribution in [0.1, 0.15) is 33.1 Å². The van der Waals surface area contributed by atoms with Crippen molar-refractivity contribution in [2.45, 2.75) is 33.1 Å². The highest BCUT2D eigenvalue weighted by Crippen LogP contribution is 2.44. The highest BCUT2D eigenvalue weighted by atomic mass is 16.1. The lowest BCUT2D eigenvalue weighted by molar-refractivity contribution is -0.118. The molecule has 2 aliphatic carbocycles. The summed E-state index contributed by atoms with van der Waals surface area (Å²) < 4.78 is 0. The van der Waals surface area contributed by atoms with Gasteiger partial charge in [0.2, 0.25) is 0 Å². The molecule has 0 aliphatic heterocycles. The van der Waals surface area contributed by atoms with E-state index in [1.54, 1.807) is 0 Å². The van der Waals surface area contributed by atoms with Crippen LogP contribution in [0.15, 0.2) is 11.1 Å². The second kappa shape index (κ2) is 2.20. The maximum absolute atomic E-state index is 11.5. The second-order valence-corrected chi connectivity index (χ2v) is 3.80. The molecule has 0 aromatic rings. The van der Waals surface area contributed by atoms with Crippen LogP contribution in [0.2, 0.25) is 0 Å². The van der Waals surface area contributed by atoms with Gasteiger partial charge in [-0.2, -0.15) is 0 Å². The third-order valence-electron chi connectivity index (χ3n) is 3.28. The highest BCUT2D eigenvalue weighted by molar-refractivity contribution is 6.00. The molecule has 2 aliphatic rings. The van der Waals surface area contributed by atoms with Gasteiger partial charge < -0.3 is 0 Å². The first-order chi connectivity index (χ1) is 5.22. The molecular formula is C10H14O. The fourth-order valence-corrected chi connectivity index (χ4v) is 2.57. The van der Waals surface area contributed by atoms with Crippen LogP contribution in [0, 0.1) is 11.8 Å². The SMILES string of the molecule is CC1=C2CCCC2C(C)C1=O. The number of carbonyl (C=O) groups is 1. The Morgan fingerprint density at radius 3 is 2.82 bits per heavy atom. The minimum atomic E-state index is 0.299. The van der Waals surface area contributed by atoms with Crippen LogP contribution in [0.5, 0.6) is 0 Å². The van der Waals surface area contributed by atoms with Gasteiger partial charge in [0.15, 0.2) is 5.78 Å². The molecule has 1 saturated carbocycles. The predicted octanol–water partition coefficient (Wildman–Crippen LogP) is 2.32. The minimum absolute atomic E-state index is 0.299. The third-order valence-corrected chi connectivity index (χ3v) is 3.28. The molecule has 0 aromatic carbocycles. The van der Waals surface area contributed by atoms with E-state index >= 15 is 0 Å². The molecule has 0 heterocycles. The van der Waals surface area contributed by atoms with Crippen molar-refractivity contribution >= 4 is 5.78 Å². The Labute approximate surface area is 67.5 Å². The van der Waals surface area contributed by atoms with Gasteiger partial charge in [0.05, 0.1) is 0 Å². The maximum atomic E-state index is 11.5. The third kappa shape index (κ3) is 0.800. The van der Waals surface area contributed by atoms with E-state index in [-0.39, 0.29) is 0 Å². The summed E-state index contributed by atoms with van der Waals surface area (Å²) in [5, 5.41) is 0. The van der Waals surface area contributed by atoms with Crippen molar-refractivity contribution < 1.29 is 4.79 Å². The van der Waals surface area contributed by atoms with Crippen molar-refractivity contribution in [3.05, 3.63) is 11.1 Å². The van der Waals surface area contributed by atoms with Gasteiger partial charge in [-0.25, -0.2) is 0 Å². The van der Waals surface area contributed by atoms with Gasteiger partial charge in [0.25, 0.3) is 0 Å². The fraction of sp³-hybridized carbons (Fsp3) is 0.700. The van der Waals surface area contributed by atoms with Crippen molar-refractivity contribution in [1.29, 1.82) is 0 Å². The summed E-state index contributed by atoms with van der Waals surface area (Å²) in [5.74, 6) is 1.33. The van der Waals surface area contributed by atoms with Crippen molar-refractivity contribution in [1.82, 2.24) is 0 Å². The molecule has 60 valence electrons. The molecule has 0 bridgehead atoms. The van der Waals surface area contributed by atoms with E-state index in [2.05, 4.69) is 6.92 Å². The highest BCUT2D eigenvalue weighted by Gasteiger charge is 2.38. The number of hydrogen-bond donors (Lipinski definition) is 0. The van der Waals surface area contributed by atoms with Crippen LogP contribution in [-0.2, 0) is 4.79 Å². The van der Waals surface area contributed by atoms with Gasteiger partial charge >= 0.3 is 0 Å². The van der Waals surface area contributed by atoms with Crippen molar-refractivity contribution in [2.24, 2.45) is 11.8 Å². The largest absolute Gasteiger partial charge is 0.294 e. The normalized spacial score (nSPS) is 36.7. The fourth-order valence-electron chi connectivity index (χ4n) is 2.57. The molecule has 0 spiro atoms. The zero-order chi connectivity index (χ0) is 8.01. The predicted molar refractivity (Wildman–Crippen MR) is 44.2 cm³/mol. The Kier molecular flexibility index (Phi) is 1.41. The number of hydrogen-bond acceptors (Lipinski definition) is 1. The first kappa shape index (κ1) is 7.08. The number of fused-ring (bicyclic) bond motifs is 1. The Hall–Kier alpha value is -0.590. The Balaban J connectivity index is 2.40. The monoisotopic (exact) mass is 150 g/mol. The summed E-state index contributed by atoms with van der Waals surface area (Å²) in [6, 6.07) is 0. The average molecular weight is 150 g/mol. The molecule has 0 saturated heterocycles. The lowest BCUT2D eigenvalue weighted by atomic mass is 9.94. The number of ketones is 1. The van der Waals surface area contributed by atoms with E-state index in [1.807, 2.05) is 6.92 Å². The van der Waals surface area contributed by atoms with E-state index in [4.69, 9.17) is 0 Å². The molecule has 0 amide bonds. The molecule has 1 nitrogen and oxygen atoms in total. The Morgan fingerprint density at radius 1 is 1.45 bits per heavy atom. The van der Waals surface area contributed by atoms with Gasteiger partial charge in [0, 0.05) is 5.92 Å². The number of carbonyl (C=O) groups excluding carboxylic acids is 1. The average Bonchev–Trinajstić information content (AvgIpc) is 2.53. The van der Waals surface area contributed by atoms with Crippen molar-refractivity contribution in [3.8, 4) is 0 Å². The van der Waals surface area contributed by atoms with E-state index in [0.717, 1.165) is 5.57 Å². The number of allylic oxidation sites excluding steroid dienone is 2. The van der Waals surface area contributed by atoms with Crippen LogP contribution in [-0.4, -0.2) is 5.78 Å². The molecule has 0 aromatic heterocycles. The molecule has 2 atom stereocenters. The summed E-state index contributed by atoms with van der Waals surface area (Å²) in [6.45, 7) is 4.08. The van der Waals surface area contributed by atoms with Gasteiger partial charge in [-0.05, 0) is 37.7 Å². The topological polar surface area (TPSA) is 17.1 Å². The molecule has 0 radical (unpaired) electrons. The number of Topliss-reactive ketones (excluding diaryl/α,β-unsaturated/α-hetero) is 1. The van der Waals surface area contributed by atoms with E-state index in [0.29, 0.717) is 17.6 Å². The van der Waals surface area contributed by atoms with Gasteiger partial charge in [0.1, 0.15) is 0 Å². The first-order valence-electron chi connectivity index (χ1n) is 4.45. The minimum Gasteiger partial charge on any atom is -0.294 e. The first-order valence-corrected chi connectivity index (χ1v) is 4.45. The quantitative estimate of drug-likeness (QED) is 0.518. The van der Waals surface area contributed by atoms with Crippen LogP contribution < -0.4 is 0 Å². The van der Waals surface area contributed by atoms with Crippen LogP contribution in [0.25, 0.3) is 0 Å².